The predicted octanol–water partition coefficient (Wildman–Crippen LogP) is 3.67. The number of hydrogen-bond acceptors (Lipinski definition) is 4. The number of nitrogens with one attached hydrogen (secondary N) is 1. The zero-order valence-corrected chi connectivity index (χ0v) is 18.7. The number of carbonyl (C=O) groups is 1. The van der Waals surface area contributed by atoms with Crippen molar-refractivity contribution < 1.29 is 17.9 Å². The van der Waals surface area contributed by atoms with E-state index in [1.165, 1.54) is 16.4 Å². The lowest BCUT2D eigenvalue weighted by molar-refractivity contribution is -0.124. The number of ether oxygens (including phenoxy) is 1. The van der Waals surface area contributed by atoms with Gasteiger partial charge in [0.1, 0.15) is 5.75 Å². The van der Waals surface area contributed by atoms with Crippen LogP contribution in [0.5, 0.6) is 5.75 Å². The number of methoxy groups -OCH3 is 1. The fraction of sp³-hybridized carbons (Fsp3) is 0.409. The number of halogens is 1. The van der Waals surface area contributed by atoms with Gasteiger partial charge in [0.25, 0.3) is 0 Å². The van der Waals surface area contributed by atoms with E-state index in [0.29, 0.717) is 17.3 Å². The summed E-state index contributed by atoms with van der Waals surface area (Å²) in [7, 11) is -2.14. The van der Waals surface area contributed by atoms with Crippen molar-refractivity contribution >= 4 is 27.5 Å². The summed E-state index contributed by atoms with van der Waals surface area (Å²) >= 11 is 5.90. The summed E-state index contributed by atoms with van der Waals surface area (Å²) in [5.74, 6) is -0.0960. The summed E-state index contributed by atoms with van der Waals surface area (Å²) in [6.07, 6.45) is 1.86. The Morgan fingerprint density at radius 1 is 1.13 bits per heavy atom. The van der Waals surface area contributed by atoms with Crippen LogP contribution in [0.2, 0.25) is 5.02 Å². The Labute approximate surface area is 183 Å². The van der Waals surface area contributed by atoms with Gasteiger partial charge in [0.05, 0.1) is 17.9 Å². The normalized spacial score (nSPS) is 19.6. The molecule has 0 spiro atoms. The molecule has 0 aliphatic carbocycles. The first-order chi connectivity index (χ1) is 14.4. The highest BCUT2D eigenvalue weighted by atomic mass is 35.5. The molecule has 2 atom stereocenters. The van der Waals surface area contributed by atoms with E-state index in [1.807, 2.05) is 24.3 Å². The summed E-state index contributed by atoms with van der Waals surface area (Å²) in [6.45, 7) is 3.02. The summed E-state index contributed by atoms with van der Waals surface area (Å²) in [5.41, 5.74) is 0.917. The van der Waals surface area contributed by atoms with Gasteiger partial charge in [-0.15, -0.1) is 0 Å². The second-order valence-electron chi connectivity index (χ2n) is 7.41. The molecule has 1 aliphatic rings. The van der Waals surface area contributed by atoms with Gasteiger partial charge >= 0.3 is 0 Å². The number of amides is 1. The molecule has 2 aromatic rings. The molecular weight excluding hydrogens is 424 g/mol. The maximum atomic E-state index is 13.2. The molecule has 0 unspecified atom stereocenters. The topological polar surface area (TPSA) is 75.7 Å². The molecule has 30 heavy (non-hydrogen) atoms. The first-order valence-electron chi connectivity index (χ1n) is 10.0. The highest BCUT2D eigenvalue weighted by Crippen LogP contribution is 2.36. The summed E-state index contributed by atoms with van der Waals surface area (Å²) in [4.78, 5) is 13.1. The molecule has 1 saturated heterocycles. The van der Waals surface area contributed by atoms with E-state index >= 15 is 0 Å². The minimum atomic E-state index is -3.73. The van der Waals surface area contributed by atoms with Crippen LogP contribution in [0, 0.1) is 5.92 Å². The zero-order valence-electron chi connectivity index (χ0n) is 17.2. The van der Waals surface area contributed by atoms with Crippen LogP contribution in [0.4, 0.5) is 0 Å². The van der Waals surface area contributed by atoms with Crippen LogP contribution in [-0.2, 0) is 14.8 Å². The van der Waals surface area contributed by atoms with E-state index in [2.05, 4.69) is 12.2 Å². The summed E-state index contributed by atoms with van der Waals surface area (Å²) < 4.78 is 33.0. The molecule has 3 rings (SSSR count). The second-order valence-corrected chi connectivity index (χ2v) is 9.78. The molecule has 162 valence electrons. The van der Waals surface area contributed by atoms with E-state index in [0.717, 1.165) is 18.4 Å². The SMILES string of the molecule is CCCCNC(=O)[C@H]1CN(S(=O)(=O)c2ccc(Cl)cc2)C[C@H]1c1ccc(OC)cc1. The molecule has 0 aromatic heterocycles. The molecule has 0 radical (unpaired) electrons. The Bertz CT molecular complexity index is 962. The molecule has 1 N–H and O–H groups in total. The number of benzene rings is 2. The molecule has 1 aliphatic heterocycles. The van der Waals surface area contributed by atoms with E-state index in [1.54, 1.807) is 19.2 Å². The molecule has 2 aromatic carbocycles. The quantitative estimate of drug-likeness (QED) is 0.622. The van der Waals surface area contributed by atoms with E-state index in [9.17, 15) is 13.2 Å². The van der Waals surface area contributed by atoms with Gasteiger partial charge in [0, 0.05) is 30.6 Å². The minimum Gasteiger partial charge on any atom is -0.497 e. The fourth-order valence-electron chi connectivity index (χ4n) is 3.69. The van der Waals surface area contributed by atoms with Gasteiger partial charge in [-0.1, -0.05) is 37.1 Å². The Morgan fingerprint density at radius 2 is 1.80 bits per heavy atom. The molecule has 6 nitrogen and oxygen atoms in total. The maximum Gasteiger partial charge on any atom is 0.243 e. The molecule has 1 fully saturated rings. The van der Waals surface area contributed by atoms with Crippen LogP contribution in [0.1, 0.15) is 31.2 Å². The van der Waals surface area contributed by atoms with E-state index in [4.69, 9.17) is 16.3 Å². The van der Waals surface area contributed by atoms with Crippen molar-refractivity contribution in [1.29, 1.82) is 0 Å². The third kappa shape index (κ3) is 4.96. The van der Waals surface area contributed by atoms with Gasteiger partial charge in [-0.3, -0.25) is 4.79 Å². The number of sulfonamides is 1. The Balaban J connectivity index is 1.88. The van der Waals surface area contributed by atoms with Crippen LogP contribution < -0.4 is 10.1 Å². The van der Waals surface area contributed by atoms with Crippen LogP contribution in [0.25, 0.3) is 0 Å². The number of carbonyl (C=O) groups excluding carboxylic acids is 1. The average molecular weight is 451 g/mol. The first kappa shape index (κ1) is 22.6. The summed E-state index contributed by atoms with van der Waals surface area (Å²) in [5, 5.41) is 3.44. The minimum absolute atomic E-state index is 0.113. The highest BCUT2D eigenvalue weighted by molar-refractivity contribution is 7.89. The van der Waals surface area contributed by atoms with Crippen molar-refractivity contribution in [3.63, 3.8) is 0 Å². The average Bonchev–Trinajstić information content (AvgIpc) is 3.21. The van der Waals surface area contributed by atoms with Gasteiger partial charge in [0.15, 0.2) is 0 Å². The molecule has 1 amide bonds. The van der Waals surface area contributed by atoms with E-state index < -0.39 is 15.9 Å². The van der Waals surface area contributed by atoms with Gasteiger partial charge in [-0.05, 0) is 48.4 Å². The Hall–Kier alpha value is -2.09. The Morgan fingerprint density at radius 3 is 2.40 bits per heavy atom. The lowest BCUT2D eigenvalue weighted by Crippen LogP contribution is -2.36. The van der Waals surface area contributed by atoms with E-state index in [-0.39, 0.29) is 29.8 Å². The number of rotatable bonds is 8. The van der Waals surface area contributed by atoms with Crippen molar-refractivity contribution in [3.8, 4) is 5.75 Å². The summed E-state index contributed by atoms with van der Waals surface area (Å²) in [6, 6.07) is 13.6. The molecular formula is C22H27ClN2O4S. The lowest BCUT2D eigenvalue weighted by Gasteiger charge is -2.18. The van der Waals surface area contributed by atoms with Crippen LogP contribution in [0.3, 0.4) is 0 Å². The maximum absolute atomic E-state index is 13.2. The lowest BCUT2D eigenvalue weighted by atomic mass is 9.88. The molecule has 0 bridgehead atoms. The van der Waals surface area contributed by atoms with Crippen molar-refractivity contribution in [1.82, 2.24) is 9.62 Å². The van der Waals surface area contributed by atoms with Crippen molar-refractivity contribution in [2.24, 2.45) is 5.92 Å². The smallest absolute Gasteiger partial charge is 0.243 e. The van der Waals surface area contributed by atoms with Gasteiger partial charge in [0.2, 0.25) is 15.9 Å². The standard InChI is InChI=1S/C22H27ClN2O4S/c1-3-4-13-24-22(26)21-15-25(30(27,28)19-11-7-17(23)8-12-19)14-20(21)16-5-9-18(29-2)10-6-16/h5-12,20-21H,3-4,13-15H2,1-2H3,(H,24,26)/t20-,21-/m0/s1. The van der Waals surface area contributed by atoms with Gasteiger partial charge < -0.3 is 10.1 Å². The van der Waals surface area contributed by atoms with Crippen LogP contribution in [-0.4, -0.2) is 45.4 Å². The highest BCUT2D eigenvalue weighted by Gasteiger charge is 2.43. The monoisotopic (exact) mass is 450 g/mol. The third-order valence-corrected chi connectivity index (χ3v) is 7.55. The van der Waals surface area contributed by atoms with Crippen LogP contribution >= 0.6 is 11.6 Å². The van der Waals surface area contributed by atoms with Crippen molar-refractivity contribution in [2.75, 3.05) is 26.7 Å². The number of nitrogens with zero attached hydrogens (tertiary/aromatic N) is 1. The van der Waals surface area contributed by atoms with Crippen LogP contribution in [0.15, 0.2) is 53.4 Å². The second kappa shape index (κ2) is 9.81. The number of hydrogen-bond donors (Lipinski definition) is 1. The largest absolute Gasteiger partial charge is 0.497 e. The van der Waals surface area contributed by atoms with Gasteiger partial charge in [-0.2, -0.15) is 4.31 Å². The predicted molar refractivity (Wildman–Crippen MR) is 117 cm³/mol. The first-order valence-corrected chi connectivity index (χ1v) is 11.9. The fourth-order valence-corrected chi connectivity index (χ4v) is 5.31. The Kier molecular flexibility index (Phi) is 7.39. The zero-order chi connectivity index (χ0) is 21.7. The molecule has 8 heteroatoms. The molecule has 1 heterocycles. The number of unbranched alkanes of at least 4 members (excludes halogenated alkanes) is 1. The molecule has 0 saturated carbocycles. The van der Waals surface area contributed by atoms with Crippen molar-refractivity contribution in [3.05, 3.63) is 59.1 Å². The third-order valence-electron chi connectivity index (χ3n) is 5.45. The van der Waals surface area contributed by atoms with Gasteiger partial charge in [-0.25, -0.2) is 8.42 Å². The van der Waals surface area contributed by atoms with Crippen molar-refractivity contribution in [2.45, 2.75) is 30.6 Å².